The van der Waals surface area contributed by atoms with Crippen LogP contribution in [0, 0.1) is 0 Å². The Kier molecular flexibility index (Phi) is 2.13. The van der Waals surface area contributed by atoms with Crippen molar-refractivity contribution in [2.75, 3.05) is 18.6 Å². The molecule has 0 aromatic carbocycles. The molecule has 80 valence electrons. The molecule has 0 unspecified atom stereocenters. The zero-order valence-corrected chi connectivity index (χ0v) is 7.91. The van der Waals surface area contributed by atoms with E-state index >= 15 is 0 Å². The molecule has 0 N–H and O–H groups in total. The van der Waals surface area contributed by atoms with Crippen molar-refractivity contribution in [2.45, 2.75) is 6.18 Å². The number of fused-ring (bicyclic) bond motifs is 1. The van der Waals surface area contributed by atoms with Gasteiger partial charge in [0.1, 0.15) is 18.2 Å². The summed E-state index contributed by atoms with van der Waals surface area (Å²) in [5.41, 5.74) is -0.264. The lowest BCUT2D eigenvalue weighted by Gasteiger charge is -2.22. The molecule has 0 bridgehead atoms. The van der Waals surface area contributed by atoms with Gasteiger partial charge in [-0.05, 0) is 12.1 Å². The number of aliphatic imine (C=N–C) groups is 1. The molecule has 15 heavy (non-hydrogen) atoms. The Hall–Kier alpha value is -1.59. The van der Waals surface area contributed by atoms with Crippen LogP contribution in [0.1, 0.15) is 11.3 Å². The molecule has 0 spiro atoms. The summed E-state index contributed by atoms with van der Waals surface area (Å²) in [6.07, 6.45) is -2.87. The average Bonchev–Trinajstić information content (AvgIpc) is 2.16. The van der Waals surface area contributed by atoms with E-state index in [1.165, 1.54) is 12.3 Å². The van der Waals surface area contributed by atoms with E-state index in [2.05, 4.69) is 9.98 Å². The first-order valence-corrected chi connectivity index (χ1v) is 4.27. The van der Waals surface area contributed by atoms with Crippen LogP contribution in [0.2, 0.25) is 0 Å². The van der Waals surface area contributed by atoms with Gasteiger partial charge in [0.05, 0.1) is 0 Å². The molecular formula is C9H8F3N3. The molecule has 0 atom stereocenters. The van der Waals surface area contributed by atoms with Gasteiger partial charge in [0.2, 0.25) is 0 Å². The Balaban J connectivity index is 2.50. The molecule has 0 amide bonds. The van der Waals surface area contributed by atoms with E-state index in [4.69, 9.17) is 0 Å². The minimum absolute atomic E-state index is 0.319. The van der Waals surface area contributed by atoms with Crippen LogP contribution < -0.4 is 4.90 Å². The molecule has 1 aromatic rings. The summed E-state index contributed by atoms with van der Waals surface area (Å²) in [5, 5.41) is 0. The van der Waals surface area contributed by atoms with Gasteiger partial charge in [-0.3, -0.25) is 4.99 Å². The summed E-state index contributed by atoms with van der Waals surface area (Å²) in [6, 6.07) is 2.34. The summed E-state index contributed by atoms with van der Waals surface area (Å²) < 4.78 is 37.1. The second kappa shape index (κ2) is 3.22. The van der Waals surface area contributed by atoms with E-state index < -0.39 is 11.9 Å². The molecule has 6 heteroatoms. The second-order valence-electron chi connectivity index (χ2n) is 3.26. The average molecular weight is 215 g/mol. The highest BCUT2D eigenvalue weighted by Gasteiger charge is 2.33. The molecule has 0 fully saturated rings. The van der Waals surface area contributed by atoms with Gasteiger partial charge in [-0.25, -0.2) is 4.98 Å². The van der Waals surface area contributed by atoms with Crippen LogP contribution in [-0.4, -0.2) is 24.9 Å². The van der Waals surface area contributed by atoms with Gasteiger partial charge in [0.15, 0.2) is 0 Å². The number of nitrogens with zero attached hydrogens (tertiary/aromatic N) is 3. The smallest absolute Gasteiger partial charge is 0.340 e. The first-order chi connectivity index (χ1) is 6.98. The summed E-state index contributed by atoms with van der Waals surface area (Å²) >= 11 is 0. The van der Waals surface area contributed by atoms with Crippen molar-refractivity contribution in [3.8, 4) is 0 Å². The molecule has 1 aliphatic rings. The summed E-state index contributed by atoms with van der Waals surface area (Å²) in [4.78, 5) is 9.12. The molecule has 1 aliphatic heterocycles. The Morgan fingerprint density at radius 1 is 1.33 bits per heavy atom. The van der Waals surface area contributed by atoms with Crippen molar-refractivity contribution >= 4 is 12.0 Å². The number of aromatic nitrogens is 1. The lowest BCUT2D eigenvalue weighted by atomic mass is 10.2. The normalized spacial score (nSPS) is 15.3. The first kappa shape index (κ1) is 9.95. The predicted molar refractivity (Wildman–Crippen MR) is 50.1 cm³/mol. The molecule has 0 saturated heterocycles. The van der Waals surface area contributed by atoms with Crippen molar-refractivity contribution in [3.05, 3.63) is 23.4 Å². The highest BCUT2D eigenvalue weighted by molar-refractivity contribution is 5.88. The molecule has 3 nitrogen and oxygen atoms in total. The Morgan fingerprint density at radius 3 is 2.73 bits per heavy atom. The number of hydrogen-bond acceptors (Lipinski definition) is 3. The van der Waals surface area contributed by atoms with E-state index in [0.29, 0.717) is 18.1 Å². The molecule has 0 saturated carbocycles. The SMILES string of the molecule is CN1CN=Cc2ccc(C(F)(F)F)nc21. The van der Waals surface area contributed by atoms with Gasteiger partial charge in [0.25, 0.3) is 0 Å². The maximum atomic E-state index is 12.4. The van der Waals surface area contributed by atoms with E-state index in [9.17, 15) is 13.2 Å². The van der Waals surface area contributed by atoms with Crippen LogP contribution in [0.4, 0.5) is 19.0 Å². The maximum absolute atomic E-state index is 12.4. The summed E-state index contributed by atoms with van der Waals surface area (Å²) in [7, 11) is 1.66. The van der Waals surface area contributed by atoms with Crippen molar-refractivity contribution < 1.29 is 13.2 Å². The number of anilines is 1. The second-order valence-corrected chi connectivity index (χ2v) is 3.26. The molecule has 2 heterocycles. The Morgan fingerprint density at radius 2 is 2.07 bits per heavy atom. The predicted octanol–water partition coefficient (Wildman–Crippen LogP) is 1.93. The van der Waals surface area contributed by atoms with E-state index in [1.54, 1.807) is 11.9 Å². The summed E-state index contributed by atoms with van der Waals surface area (Å²) in [5.74, 6) is 0.319. The third-order valence-corrected chi connectivity index (χ3v) is 2.08. The van der Waals surface area contributed by atoms with Gasteiger partial charge in [-0.15, -0.1) is 0 Å². The Bertz CT molecular complexity index is 412. The van der Waals surface area contributed by atoms with Crippen LogP contribution >= 0.6 is 0 Å². The molecule has 2 rings (SSSR count). The molecule has 0 aliphatic carbocycles. The minimum Gasteiger partial charge on any atom is -0.340 e. The van der Waals surface area contributed by atoms with Crippen LogP contribution in [0.25, 0.3) is 0 Å². The zero-order valence-electron chi connectivity index (χ0n) is 7.91. The lowest BCUT2D eigenvalue weighted by molar-refractivity contribution is -0.141. The zero-order chi connectivity index (χ0) is 11.1. The molecular weight excluding hydrogens is 207 g/mol. The first-order valence-electron chi connectivity index (χ1n) is 4.27. The topological polar surface area (TPSA) is 28.5 Å². The standard InChI is InChI=1S/C9H8F3N3/c1-15-5-13-4-6-2-3-7(9(10,11)12)14-8(6)15/h2-4H,5H2,1H3. The van der Waals surface area contributed by atoms with Gasteiger partial charge in [-0.2, -0.15) is 13.2 Å². The number of hydrogen-bond donors (Lipinski definition) is 0. The highest BCUT2D eigenvalue weighted by Crippen LogP contribution is 2.30. The summed E-state index contributed by atoms with van der Waals surface area (Å²) in [6.45, 7) is 0.335. The number of alkyl halides is 3. The van der Waals surface area contributed by atoms with Crippen molar-refractivity contribution in [1.29, 1.82) is 0 Å². The van der Waals surface area contributed by atoms with Crippen LogP contribution in [0.15, 0.2) is 17.1 Å². The minimum atomic E-state index is -4.40. The molecule has 1 aromatic heterocycles. The highest BCUT2D eigenvalue weighted by atomic mass is 19.4. The fraction of sp³-hybridized carbons (Fsp3) is 0.333. The quantitative estimate of drug-likeness (QED) is 0.661. The van der Waals surface area contributed by atoms with Gasteiger partial charge in [-0.1, -0.05) is 0 Å². The van der Waals surface area contributed by atoms with E-state index in [1.807, 2.05) is 0 Å². The van der Waals surface area contributed by atoms with Gasteiger partial charge < -0.3 is 4.90 Å². The van der Waals surface area contributed by atoms with Crippen molar-refractivity contribution in [2.24, 2.45) is 4.99 Å². The van der Waals surface area contributed by atoms with Gasteiger partial charge in [0, 0.05) is 18.8 Å². The van der Waals surface area contributed by atoms with Crippen LogP contribution in [0.5, 0.6) is 0 Å². The van der Waals surface area contributed by atoms with Crippen molar-refractivity contribution in [1.82, 2.24) is 4.98 Å². The van der Waals surface area contributed by atoms with E-state index in [-0.39, 0.29) is 0 Å². The number of pyridine rings is 1. The third-order valence-electron chi connectivity index (χ3n) is 2.08. The Labute approximate surface area is 84.3 Å². The van der Waals surface area contributed by atoms with Crippen LogP contribution in [0.3, 0.4) is 0 Å². The van der Waals surface area contributed by atoms with E-state index in [0.717, 1.165) is 6.07 Å². The third kappa shape index (κ3) is 1.79. The number of halogens is 3. The fourth-order valence-electron chi connectivity index (χ4n) is 1.35. The van der Waals surface area contributed by atoms with Crippen molar-refractivity contribution in [3.63, 3.8) is 0 Å². The lowest BCUT2D eigenvalue weighted by Crippen LogP contribution is -2.24. The maximum Gasteiger partial charge on any atom is 0.433 e. The monoisotopic (exact) mass is 215 g/mol. The number of rotatable bonds is 0. The van der Waals surface area contributed by atoms with Crippen LogP contribution in [-0.2, 0) is 6.18 Å². The molecule has 0 radical (unpaired) electrons. The van der Waals surface area contributed by atoms with Gasteiger partial charge >= 0.3 is 6.18 Å². The largest absolute Gasteiger partial charge is 0.433 e. The fourth-order valence-corrected chi connectivity index (χ4v) is 1.35.